The first-order valence-electron chi connectivity index (χ1n) is 14.3. The fraction of sp³-hybridized carbons (Fsp3) is 0.500. The quantitative estimate of drug-likeness (QED) is 0.340. The van der Waals surface area contributed by atoms with Crippen molar-refractivity contribution in [1.29, 1.82) is 0 Å². The van der Waals surface area contributed by atoms with E-state index in [-0.39, 0.29) is 12.1 Å². The molecule has 1 fully saturated rings. The van der Waals surface area contributed by atoms with Gasteiger partial charge in [-0.25, -0.2) is 14.8 Å². The molecule has 40 heavy (non-hydrogen) atoms. The van der Waals surface area contributed by atoms with Crippen LogP contribution in [0.4, 0.5) is 5.95 Å². The van der Waals surface area contributed by atoms with E-state index in [0.717, 1.165) is 60.6 Å². The summed E-state index contributed by atoms with van der Waals surface area (Å²) in [5.41, 5.74) is 2.93. The second-order valence-corrected chi connectivity index (χ2v) is 10.5. The number of fused-ring (bicyclic) bond motifs is 1. The predicted octanol–water partition coefficient (Wildman–Crippen LogP) is 3.83. The van der Waals surface area contributed by atoms with Crippen molar-refractivity contribution in [3.05, 3.63) is 62.2 Å². The highest BCUT2D eigenvalue weighted by Crippen LogP contribution is 2.32. The summed E-state index contributed by atoms with van der Waals surface area (Å²) in [7, 11) is 3.31. The molecule has 1 saturated heterocycles. The Morgan fingerprint density at radius 3 is 2.62 bits per heavy atom. The van der Waals surface area contributed by atoms with Gasteiger partial charge >= 0.3 is 5.69 Å². The molecule has 10 heteroatoms. The minimum atomic E-state index is -0.428. The lowest BCUT2D eigenvalue weighted by atomic mass is 10.0. The number of imidazole rings is 1. The topological polar surface area (TPSA) is 100 Å². The normalized spacial score (nSPS) is 16.6. The number of methoxy groups -OCH3 is 1. The van der Waals surface area contributed by atoms with E-state index in [4.69, 9.17) is 19.7 Å². The van der Waals surface area contributed by atoms with Crippen LogP contribution in [-0.2, 0) is 33.0 Å². The average Bonchev–Trinajstić information content (AvgIpc) is 3.56. The standard InChI is InChI=1S/C28H33N7O3.C2H6/c1-5-6-12-34-24-25(31-27(34)33-11-7-8-17(2)15-33)32(3)28(37)35(26(24)36)16-22-29-20-10-9-18-13-19(38-4)14-21(30-22)23(18)20;1-2/h5-6,13-14,17H,7-12,15-16H2,1-4H3;1-2H3/b6-5+;/t17-;/m1./s1. The van der Waals surface area contributed by atoms with E-state index >= 15 is 0 Å². The number of benzene rings is 1. The summed E-state index contributed by atoms with van der Waals surface area (Å²) in [6.07, 6.45) is 7.89. The Morgan fingerprint density at radius 1 is 1.10 bits per heavy atom. The van der Waals surface area contributed by atoms with Crippen LogP contribution in [0.1, 0.15) is 57.6 Å². The number of rotatable bonds is 6. The van der Waals surface area contributed by atoms with Crippen LogP contribution in [0.2, 0.25) is 0 Å². The number of aryl methyl sites for hydroxylation is 3. The van der Waals surface area contributed by atoms with Gasteiger partial charge in [0.15, 0.2) is 11.2 Å². The molecular weight excluding hydrogens is 506 g/mol. The van der Waals surface area contributed by atoms with E-state index in [1.165, 1.54) is 21.1 Å². The Balaban J connectivity index is 0.00000158. The Bertz CT molecular complexity index is 1710. The predicted molar refractivity (Wildman–Crippen MR) is 159 cm³/mol. The lowest BCUT2D eigenvalue weighted by Crippen LogP contribution is -2.40. The average molecular weight is 546 g/mol. The van der Waals surface area contributed by atoms with Gasteiger partial charge in [-0.3, -0.25) is 13.9 Å². The molecule has 0 bridgehead atoms. The summed E-state index contributed by atoms with van der Waals surface area (Å²) < 4.78 is 10.1. The Hall–Kier alpha value is -3.95. The van der Waals surface area contributed by atoms with Crippen LogP contribution >= 0.6 is 0 Å². The van der Waals surface area contributed by atoms with E-state index in [1.54, 1.807) is 14.2 Å². The highest BCUT2D eigenvalue weighted by Gasteiger charge is 2.26. The van der Waals surface area contributed by atoms with Crippen LogP contribution in [0.25, 0.3) is 22.1 Å². The molecule has 212 valence electrons. The first-order chi connectivity index (χ1) is 19.4. The summed E-state index contributed by atoms with van der Waals surface area (Å²) in [5, 5.41) is 1.05. The highest BCUT2D eigenvalue weighted by molar-refractivity contribution is 5.88. The van der Waals surface area contributed by atoms with Gasteiger partial charge in [0, 0.05) is 38.1 Å². The summed E-state index contributed by atoms with van der Waals surface area (Å²) in [5.74, 6) is 2.47. The van der Waals surface area contributed by atoms with Crippen LogP contribution in [0.5, 0.6) is 5.75 Å². The lowest BCUT2D eigenvalue weighted by Gasteiger charge is -2.31. The molecule has 2 aliphatic rings. The molecule has 0 saturated carbocycles. The van der Waals surface area contributed by atoms with Crippen molar-refractivity contribution in [2.45, 2.75) is 66.5 Å². The zero-order valence-electron chi connectivity index (χ0n) is 24.4. The molecule has 4 heterocycles. The number of allylic oxidation sites excluding steroid dienone is 2. The molecule has 1 aromatic carbocycles. The Morgan fingerprint density at radius 2 is 1.90 bits per heavy atom. The van der Waals surface area contributed by atoms with Gasteiger partial charge in [-0.05, 0) is 50.2 Å². The first-order valence-corrected chi connectivity index (χ1v) is 14.3. The third-order valence-electron chi connectivity index (χ3n) is 7.82. The van der Waals surface area contributed by atoms with E-state index in [2.05, 4.69) is 11.8 Å². The van der Waals surface area contributed by atoms with Gasteiger partial charge in [0.1, 0.15) is 11.6 Å². The van der Waals surface area contributed by atoms with Gasteiger partial charge < -0.3 is 14.2 Å². The third kappa shape index (κ3) is 4.69. The van der Waals surface area contributed by atoms with Crippen molar-refractivity contribution in [3.8, 4) is 5.75 Å². The maximum Gasteiger partial charge on any atom is 0.332 e. The minimum absolute atomic E-state index is 0.0121. The third-order valence-corrected chi connectivity index (χ3v) is 7.82. The first kappa shape index (κ1) is 27.6. The maximum absolute atomic E-state index is 13.9. The summed E-state index contributed by atoms with van der Waals surface area (Å²) >= 11 is 0. The maximum atomic E-state index is 13.9. The monoisotopic (exact) mass is 545 g/mol. The van der Waals surface area contributed by atoms with Gasteiger partial charge in [-0.15, -0.1) is 0 Å². The summed E-state index contributed by atoms with van der Waals surface area (Å²) in [6, 6.07) is 3.92. The second-order valence-electron chi connectivity index (χ2n) is 10.5. The molecule has 6 rings (SSSR count). The lowest BCUT2D eigenvalue weighted by molar-refractivity contribution is 0.415. The second kappa shape index (κ2) is 11.3. The number of hydrogen-bond donors (Lipinski definition) is 0. The van der Waals surface area contributed by atoms with Crippen LogP contribution in [0, 0.1) is 5.92 Å². The van der Waals surface area contributed by atoms with Crippen molar-refractivity contribution < 1.29 is 4.74 Å². The van der Waals surface area contributed by atoms with E-state index in [9.17, 15) is 9.59 Å². The van der Waals surface area contributed by atoms with Crippen molar-refractivity contribution in [2.24, 2.45) is 13.0 Å². The molecule has 0 N–H and O–H groups in total. The zero-order valence-corrected chi connectivity index (χ0v) is 24.4. The molecule has 0 spiro atoms. The van der Waals surface area contributed by atoms with Crippen LogP contribution < -0.4 is 20.9 Å². The molecule has 1 aliphatic carbocycles. The molecule has 0 radical (unpaired) electrons. The van der Waals surface area contributed by atoms with Crippen molar-refractivity contribution >= 4 is 28.0 Å². The molecule has 1 atom stereocenters. The SMILES string of the molecule is C/C=C/Cn1c(N2CCC[C@@H](C)C2)nc2c1c(=O)n(Cc1nc3c4c(cc(OC)cc4n1)CC3)c(=O)n2C.CC. The molecule has 1 aliphatic heterocycles. The molecule has 0 unspecified atom stereocenters. The van der Waals surface area contributed by atoms with Gasteiger partial charge in [0.2, 0.25) is 5.95 Å². The van der Waals surface area contributed by atoms with Gasteiger partial charge in [-0.1, -0.05) is 32.9 Å². The molecule has 3 aromatic heterocycles. The van der Waals surface area contributed by atoms with Crippen LogP contribution in [-0.4, -0.2) is 48.9 Å². The Kier molecular flexibility index (Phi) is 7.78. The number of anilines is 1. The van der Waals surface area contributed by atoms with E-state index in [0.29, 0.717) is 29.5 Å². The van der Waals surface area contributed by atoms with Gasteiger partial charge in [-0.2, -0.15) is 4.98 Å². The summed E-state index contributed by atoms with van der Waals surface area (Å²) in [6.45, 7) is 10.4. The van der Waals surface area contributed by atoms with Crippen LogP contribution in [0.3, 0.4) is 0 Å². The number of aromatic nitrogens is 6. The van der Waals surface area contributed by atoms with Gasteiger partial charge in [0.25, 0.3) is 5.56 Å². The molecule has 0 amide bonds. The van der Waals surface area contributed by atoms with Crippen LogP contribution in [0.15, 0.2) is 33.9 Å². The number of nitrogens with zero attached hydrogens (tertiary/aromatic N) is 7. The largest absolute Gasteiger partial charge is 0.497 e. The van der Waals surface area contributed by atoms with Crippen molar-refractivity contribution in [1.82, 2.24) is 28.7 Å². The zero-order chi connectivity index (χ0) is 28.6. The summed E-state index contributed by atoms with van der Waals surface area (Å²) in [4.78, 5) is 44.0. The fourth-order valence-electron chi connectivity index (χ4n) is 5.91. The Labute approximate surface area is 233 Å². The number of piperidine rings is 1. The fourth-order valence-corrected chi connectivity index (χ4v) is 5.91. The smallest absolute Gasteiger partial charge is 0.332 e. The molecule has 4 aromatic rings. The van der Waals surface area contributed by atoms with Gasteiger partial charge in [0.05, 0.1) is 24.9 Å². The van der Waals surface area contributed by atoms with Crippen molar-refractivity contribution in [2.75, 3.05) is 25.1 Å². The van der Waals surface area contributed by atoms with E-state index in [1.807, 2.05) is 49.6 Å². The molecular formula is C30H39N7O3. The van der Waals surface area contributed by atoms with Crippen molar-refractivity contribution in [3.63, 3.8) is 0 Å². The number of ether oxygens (including phenoxy) is 1. The molecule has 10 nitrogen and oxygen atoms in total. The highest BCUT2D eigenvalue weighted by atomic mass is 16.5. The minimum Gasteiger partial charge on any atom is -0.497 e. The van der Waals surface area contributed by atoms with E-state index < -0.39 is 5.69 Å². The number of hydrogen-bond acceptors (Lipinski definition) is 7.